The molecule has 1 aromatic carbocycles. The molecule has 2 heterocycles. The second kappa shape index (κ2) is 5.14. The number of fused-ring (bicyclic) bond motifs is 1. The van der Waals surface area contributed by atoms with E-state index < -0.39 is 5.97 Å². The SMILES string of the molecule is COC(=O)c1ccc2c(=O)[nH]c(-c3ccc(C)s3)nc2c1. The van der Waals surface area contributed by atoms with Gasteiger partial charge in [0.15, 0.2) is 5.82 Å². The number of esters is 1. The highest BCUT2D eigenvalue weighted by atomic mass is 32.1. The number of carbonyl (C=O) groups excluding carboxylic acids is 1. The van der Waals surface area contributed by atoms with E-state index >= 15 is 0 Å². The Hall–Kier alpha value is -2.47. The third kappa shape index (κ3) is 2.45. The van der Waals surface area contributed by atoms with Crippen LogP contribution in [0.5, 0.6) is 0 Å². The number of aromatic amines is 1. The van der Waals surface area contributed by atoms with Crippen LogP contribution in [0.3, 0.4) is 0 Å². The average Bonchev–Trinajstić information content (AvgIpc) is 2.92. The van der Waals surface area contributed by atoms with E-state index in [2.05, 4.69) is 14.7 Å². The number of methoxy groups -OCH3 is 1. The summed E-state index contributed by atoms with van der Waals surface area (Å²) >= 11 is 1.55. The molecule has 6 heteroatoms. The van der Waals surface area contributed by atoms with Gasteiger partial charge in [-0.3, -0.25) is 4.79 Å². The summed E-state index contributed by atoms with van der Waals surface area (Å²) < 4.78 is 4.68. The molecule has 0 saturated heterocycles. The lowest BCUT2D eigenvalue weighted by atomic mass is 10.1. The first-order valence-electron chi connectivity index (χ1n) is 6.27. The number of hydrogen-bond donors (Lipinski definition) is 1. The molecule has 0 amide bonds. The van der Waals surface area contributed by atoms with Crippen LogP contribution in [-0.2, 0) is 4.74 Å². The molecule has 0 atom stereocenters. The molecule has 0 aliphatic heterocycles. The summed E-state index contributed by atoms with van der Waals surface area (Å²) in [5, 5.41) is 0.444. The van der Waals surface area contributed by atoms with Crippen LogP contribution < -0.4 is 5.56 Å². The van der Waals surface area contributed by atoms with Gasteiger partial charge >= 0.3 is 5.97 Å². The quantitative estimate of drug-likeness (QED) is 0.739. The summed E-state index contributed by atoms with van der Waals surface area (Å²) in [6.45, 7) is 1.99. The van der Waals surface area contributed by atoms with Crippen LogP contribution >= 0.6 is 11.3 Å². The van der Waals surface area contributed by atoms with Gasteiger partial charge in [0.2, 0.25) is 0 Å². The predicted molar refractivity (Wildman–Crippen MR) is 81.8 cm³/mol. The molecule has 0 aliphatic carbocycles. The molecule has 0 fully saturated rings. The van der Waals surface area contributed by atoms with Gasteiger partial charge in [-0.25, -0.2) is 9.78 Å². The van der Waals surface area contributed by atoms with Crippen molar-refractivity contribution >= 4 is 28.2 Å². The smallest absolute Gasteiger partial charge is 0.337 e. The maximum atomic E-state index is 12.1. The van der Waals surface area contributed by atoms with Crippen LogP contribution in [0.2, 0.25) is 0 Å². The van der Waals surface area contributed by atoms with Crippen molar-refractivity contribution in [1.82, 2.24) is 9.97 Å². The Labute approximate surface area is 124 Å². The van der Waals surface area contributed by atoms with E-state index in [0.29, 0.717) is 22.3 Å². The summed E-state index contributed by atoms with van der Waals surface area (Å²) in [5.74, 6) is 0.0557. The first-order valence-corrected chi connectivity index (χ1v) is 7.09. The zero-order chi connectivity index (χ0) is 15.0. The summed E-state index contributed by atoms with van der Waals surface area (Å²) in [7, 11) is 1.32. The van der Waals surface area contributed by atoms with E-state index in [-0.39, 0.29) is 5.56 Å². The van der Waals surface area contributed by atoms with Crippen LogP contribution in [0.4, 0.5) is 0 Å². The first-order chi connectivity index (χ1) is 10.1. The van der Waals surface area contributed by atoms with Gasteiger partial charge < -0.3 is 9.72 Å². The number of aryl methyl sites for hydroxylation is 1. The molecular formula is C15H12N2O3S. The van der Waals surface area contributed by atoms with E-state index in [0.717, 1.165) is 9.75 Å². The van der Waals surface area contributed by atoms with E-state index in [9.17, 15) is 9.59 Å². The zero-order valence-electron chi connectivity index (χ0n) is 11.5. The third-order valence-corrected chi connectivity index (χ3v) is 4.11. The van der Waals surface area contributed by atoms with Gasteiger partial charge in [0.05, 0.1) is 28.5 Å². The largest absolute Gasteiger partial charge is 0.465 e. The highest BCUT2D eigenvalue weighted by Crippen LogP contribution is 2.25. The molecule has 0 radical (unpaired) electrons. The minimum atomic E-state index is -0.451. The maximum Gasteiger partial charge on any atom is 0.337 e. The molecule has 0 saturated carbocycles. The van der Waals surface area contributed by atoms with Gasteiger partial charge in [-0.15, -0.1) is 11.3 Å². The van der Waals surface area contributed by atoms with Gasteiger partial charge in [0, 0.05) is 4.88 Å². The highest BCUT2D eigenvalue weighted by Gasteiger charge is 2.11. The van der Waals surface area contributed by atoms with Crippen molar-refractivity contribution in [2.75, 3.05) is 7.11 Å². The fraction of sp³-hybridized carbons (Fsp3) is 0.133. The molecule has 5 nitrogen and oxygen atoms in total. The fourth-order valence-corrected chi connectivity index (χ4v) is 2.88. The van der Waals surface area contributed by atoms with Crippen LogP contribution in [0, 0.1) is 6.92 Å². The van der Waals surface area contributed by atoms with Crippen molar-refractivity contribution < 1.29 is 9.53 Å². The van der Waals surface area contributed by atoms with Crippen molar-refractivity contribution in [2.24, 2.45) is 0 Å². The topological polar surface area (TPSA) is 72.1 Å². The van der Waals surface area contributed by atoms with Crippen LogP contribution in [0.15, 0.2) is 35.1 Å². The van der Waals surface area contributed by atoms with Crippen LogP contribution in [0.25, 0.3) is 21.6 Å². The summed E-state index contributed by atoms with van der Waals surface area (Å²) in [6.07, 6.45) is 0. The third-order valence-electron chi connectivity index (χ3n) is 3.10. The Morgan fingerprint density at radius 1 is 1.29 bits per heavy atom. The van der Waals surface area contributed by atoms with Gasteiger partial charge in [0.1, 0.15) is 0 Å². The molecular weight excluding hydrogens is 288 g/mol. The van der Waals surface area contributed by atoms with Gasteiger partial charge in [0.25, 0.3) is 5.56 Å². The number of ether oxygens (including phenoxy) is 1. The maximum absolute atomic E-state index is 12.1. The molecule has 0 spiro atoms. The van der Waals surface area contributed by atoms with Crippen molar-refractivity contribution in [3.05, 3.63) is 51.1 Å². The van der Waals surface area contributed by atoms with Crippen molar-refractivity contribution in [3.8, 4) is 10.7 Å². The summed E-state index contributed by atoms with van der Waals surface area (Å²) in [4.78, 5) is 32.9. The van der Waals surface area contributed by atoms with E-state index in [4.69, 9.17) is 0 Å². The monoisotopic (exact) mass is 300 g/mol. The Morgan fingerprint density at radius 2 is 2.10 bits per heavy atom. The van der Waals surface area contributed by atoms with Crippen molar-refractivity contribution in [2.45, 2.75) is 6.92 Å². The summed E-state index contributed by atoms with van der Waals surface area (Å²) in [5.41, 5.74) is 0.622. The molecule has 21 heavy (non-hydrogen) atoms. The fourth-order valence-electron chi connectivity index (χ4n) is 2.06. The van der Waals surface area contributed by atoms with Gasteiger partial charge in [-0.1, -0.05) is 0 Å². The standard InChI is InChI=1S/C15H12N2O3S/c1-8-3-6-12(21-8)13-16-11-7-9(15(19)20-2)4-5-10(11)14(18)17-13/h3-7H,1-2H3,(H,16,17,18). The van der Waals surface area contributed by atoms with E-state index in [1.165, 1.54) is 7.11 Å². The van der Waals surface area contributed by atoms with Gasteiger partial charge in [-0.05, 0) is 37.3 Å². The number of aromatic nitrogens is 2. The van der Waals surface area contributed by atoms with Crippen molar-refractivity contribution in [1.29, 1.82) is 0 Å². The predicted octanol–water partition coefficient (Wildman–Crippen LogP) is 2.75. The molecule has 3 rings (SSSR count). The molecule has 3 aromatic rings. The Bertz CT molecular complexity index is 895. The molecule has 106 valence electrons. The minimum absolute atomic E-state index is 0.225. The lowest BCUT2D eigenvalue weighted by Crippen LogP contribution is -2.10. The number of hydrogen-bond acceptors (Lipinski definition) is 5. The van der Waals surface area contributed by atoms with Crippen LogP contribution in [0.1, 0.15) is 15.2 Å². The Morgan fingerprint density at radius 3 is 2.76 bits per heavy atom. The summed E-state index contributed by atoms with van der Waals surface area (Å²) in [6, 6.07) is 8.58. The lowest BCUT2D eigenvalue weighted by molar-refractivity contribution is 0.0601. The number of benzene rings is 1. The number of H-pyrrole nitrogens is 1. The molecule has 1 N–H and O–H groups in total. The number of thiophene rings is 1. The Kier molecular flexibility index (Phi) is 3.31. The highest BCUT2D eigenvalue weighted by molar-refractivity contribution is 7.15. The lowest BCUT2D eigenvalue weighted by Gasteiger charge is -2.03. The first kappa shape index (κ1) is 13.5. The van der Waals surface area contributed by atoms with Crippen LogP contribution in [-0.4, -0.2) is 23.0 Å². The second-order valence-electron chi connectivity index (χ2n) is 4.55. The molecule has 0 bridgehead atoms. The molecule has 0 aliphatic rings. The van der Waals surface area contributed by atoms with Gasteiger partial charge in [-0.2, -0.15) is 0 Å². The number of nitrogens with one attached hydrogen (secondary N) is 1. The molecule has 2 aromatic heterocycles. The second-order valence-corrected chi connectivity index (χ2v) is 5.84. The number of carbonyl (C=O) groups is 1. The van der Waals surface area contributed by atoms with Crippen molar-refractivity contribution in [3.63, 3.8) is 0 Å². The molecule has 0 unspecified atom stereocenters. The normalized spacial score (nSPS) is 10.8. The zero-order valence-corrected chi connectivity index (χ0v) is 12.3. The minimum Gasteiger partial charge on any atom is -0.465 e. The number of nitrogens with zero attached hydrogens (tertiary/aromatic N) is 1. The number of rotatable bonds is 2. The Balaban J connectivity index is 2.21. The average molecular weight is 300 g/mol. The van der Waals surface area contributed by atoms with E-state index in [1.54, 1.807) is 29.5 Å². The van der Waals surface area contributed by atoms with E-state index in [1.807, 2.05) is 19.1 Å².